The van der Waals surface area contributed by atoms with Gasteiger partial charge < -0.3 is 19.3 Å². The summed E-state index contributed by atoms with van der Waals surface area (Å²) in [4.78, 5) is 30.7. The number of hydrogen-bond donors (Lipinski definition) is 1. The number of nitrogens with zero attached hydrogens (tertiary/aromatic N) is 6. The van der Waals surface area contributed by atoms with E-state index in [1.54, 1.807) is 27.0 Å². The molecule has 2 fully saturated rings. The first-order valence-corrected chi connectivity index (χ1v) is 14.9. The van der Waals surface area contributed by atoms with Crippen LogP contribution in [0.5, 0.6) is 0 Å². The fourth-order valence-electron chi connectivity index (χ4n) is 6.58. The standard InChI is InChI=1S/C30H29F2N7O3S/c1-30(2,3)42-29(40)37-27-16(6-33)22-25(34-8-20(31)26(22)43-27)21-19-13-41-12-18(19)17-7-35-28(36-24(17)23(21)32)39-10-14-5-15(39)11-38(4)9-14/h7-8,14-15H,5,9-13H2,1-4H3,(H,37,40)/t14-,15+/m1/s1. The van der Waals surface area contributed by atoms with Crippen LogP contribution in [0.25, 0.3) is 32.2 Å². The number of fused-ring (bicyclic) bond motifs is 6. The molecule has 0 unspecified atom stereocenters. The number of benzene rings is 1. The maximum Gasteiger partial charge on any atom is 0.412 e. The van der Waals surface area contributed by atoms with Crippen LogP contribution in [0, 0.1) is 28.9 Å². The number of carbonyl (C=O) groups is 1. The Morgan fingerprint density at radius 2 is 1.98 bits per heavy atom. The van der Waals surface area contributed by atoms with Crippen molar-refractivity contribution in [2.45, 2.75) is 52.0 Å². The number of nitrogens with one attached hydrogen (secondary N) is 1. The number of halogens is 2. The number of hydrogen-bond acceptors (Lipinski definition) is 10. The Bertz CT molecular complexity index is 1870. The van der Waals surface area contributed by atoms with Crippen molar-refractivity contribution in [3.05, 3.63) is 40.7 Å². The molecule has 3 aliphatic heterocycles. The van der Waals surface area contributed by atoms with E-state index in [1.807, 2.05) is 0 Å². The van der Waals surface area contributed by atoms with Crippen LogP contribution >= 0.6 is 11.3 Å². The number of likely N-dealkylation sites (tertiary alicyclic amines) is 1. The molecule has 0 saturated carbocycles. The van der Waals surface area contributed by atoms with Crippen molar-refractivity contribution in [1.29, 1.82) is 5.26 Å². The average molecular weight is 606 g/mol. The number of amides is 1. The van der Waals surface area contributed by atoms with Gasteiger partial charge in [-0.25, -0.2) is 23.5 Å². The summed E-state index contributed by atoms with van der Waals surface area (Å²) in [6, 6.07) is 2.31. The van der Waals surface area contributed by atoms with Gasteiger partial charge in [-0.1, -0.05) is 0 Å². The molecule has 4 aromatic rings. The van der Waals surface area contributed by atoms with Crippen molar-refractivity contribution in [3.63, 3.8) is 0 Å². The van der Waals surface area contributed by atoms with E-state index in [0.29, 0.717) is 22.8 Å². The Morgan fingerprint density at radius 1 is 1.19 bits per heavy atom. The number of nitriles is 1. The summed E-state index contributed by atoms with van der Waals surface area (Å²) in [7, 11) is 2.10. The zero-order valence-electron chi connectivity index (χ0n) is 24.1. The second kappa shape index (κ2) is 10.0. The third-order valence-electron chi connectivity index (χ3n) is 8.17. The molecule has 0 spiro atoms. The summed E-state index contributed by atoms with van der Waals surface area (Å²) < 4.78 is 43.1. The number of carbonyl (C=O) groups excluding carboxylic acids is 1. The second-order valence-corrected chi connectivity index (χ2v) is 13.4. The van der Waals surface area contributed by atoms with Crippen LogP contribution in [0.4, 0.5) is 24.5 Å². The van der Waals surface area contributed by atoms with Gasteiger partial charge in [-0.3, -0.25) is 10.3 Å². The Morgan fingerprint density at radius 3 is 2.74 bits per heavy atom. The zero-order valence-corrected chi connectivity index (χ0v) is 24.9. The van der Waals surface area contributed by atoms with E-state index in [-0.39, 0.29) is 56.7 Å². The topological polar surface area (TPSA) is 116 Å². The summed E-state index contributed by atoms with van der Waals surface area (Å²) in [6.45, 7) is 8.15. The first-order chi connectivity index (χ1) is 20.5. The summed E-state index contributed by atoms with van der Waals surface area (Å²) in [5.41, 5.74) is 0.783. The minimum Gasteiger partial charge on any atom is -0.444 e. The Kier molecular flexibility index (Phi) is 6.50. The SMILES string of the molecule is CN1C[C@H]2C[C@@H](C1)N(c1ncc3c4c(c(-c5ncc(F)c6sc(NC(=O)OC(C)(C)C)c(C#N)c56)c(F)c3n1)COC4)C2. The van der Waals surface area contributed by atoms with Crippen LogP contribution in [0.3, 0.4) is 0 Å². The predicted octanol–water partition coefficient (Wildman–Crippen LogP) is 5.57. The highest BCUT2D eigenvalue weighted by molar-refractivity contribution is 7.23. The number of aromatic nitrogens is 3. The van der Waals surface area contributed by atoms with Crippen LogP contribution in [0.1, 0.15) is 43.9 Å². The summed E-state index contributed by atoms with van der Waals surface area (Å²) in [6.07, 6.45) is 2.92. The van der Waals surface area contributed by atoms with Gasteiger partial charge in [-0.2, -0.15) is 5.26 Å². The predicted molar refractivity (Wildman–Crippen MR) is 158 cm³/mol. The van der Waals surface area contributed by atoms with Gasteiger partial charge in [-0.05, 0) is 51.3 Å². The van der Waals surface area contributed by atoms with E-state index < -0.39 is 23.3 Å². The highest BCUT2D eigenvalue weighted by Gasteiger charge is 2.39. The molecular weight excluding hydrogens is 576 g/mol. The highest BCUT2D eigenvalue weighted by Crippen LogP contribution is 2.46. The highest BCUT2D eigenvalue weighted by atomic mass is 32.1. The Hall–Kier alpha value is -3.99. The fourth-order valence-corrected chi connectivity index (χ4v) is 7.62. The third-order valence-corrected chi connectivity index (χ3v) is 9.28. The lowest BCUT2D eigenvalue weighted by Gasteiger charge is -2.29. The smallest absolute Gasteiger partial charge is 0.412 e. The van der Waals surface area contributed by atoms with Crippen molar-refractivity contribution >= 4 is 49.4 Å². The molecule has 13 heteroatoms. The molecular formula is C30H29F2N7O3S. The van der Waals surface area contributed by atoms with E-state index in [2.05, 4.69) is 38.2 Å². The van der Waals surface area contributed by atoms with Crippen LogP contribution in [0.2, 0.25) is 0 Å². The molecule has 1 amide bonds. The van der Waals surface area contributed by atoms with Gasteiger partial charge in [0, 0.05) is 48.2 Å². The van der Waals surface area contributed by atoms with Gasteiger partial charge in [-0.15, -0.1) is 11.3 Å². The Balaban J connectivity index is 1.40. The van der Waals surface area contributed by atoms with Crippen molar-refractivity contribution in [3.8, 4) is 17.3 Å². The van der Waals surface area contributed by atoms with Crippen molar-refractivity contribution in [2.24, 2.45) is 5.92 Å². The van der Waals surface area contributed by atoms with E-state index in [4.69, 9.17) is 14.5 Å². The first-order valence-electron chi connectivity index (χ1n) is 14.1. The van der Waals surface area contributed by atoms with Gasteiger partial charge in [0.05, 0.1) is 35.4 Å². The van der Waals surface area contributed by atoms with Crippen LogP contribution in [-0.4, -0.2) is 64.3 Å². The minimum atomic E-state index is -0.793. The minimum absolute atomic E-state index is 0.0307. The van der Waals surface area contributed by atoms with Crippen LogP contribution in [-0.2, 0) is 22.7 Å². The van der Waals surface area contributed by atoms with Gasteiger partial charge in [0.2, 0.25) is 5.95 Å². The molecule has 0 aliphatic carbocycles. The molecule has 7 rings (SSSR count). The monoisotopic (exact) mass is 605 g/mol. The maximum absolute atomic E-state index is 16.8. The molecule has 10 nitrogen and oxygen atoms in total. The number of pyridine rings is 1. The molecule has 43 heavy (non-hydrogen) atoms. The number of anilines is 2. The lowest BCUT2D eigenvalue weighted by atomic mass is 9.94. The number of likely N-dealkylation sites (N-methyl/N-ethyl adjacent to an activating group) is 1. The normalized spacial score (nSPS) is 20.1. The van der Waals surface area contributed by atoms with Crippen LogP contribution in [0.15, 0.2) is 12.4 Å². The number of piperidine rings is 1. The molecule has 2 atom stereocenters. The third kappa shape index (κ3) is 4.64. The van der Waals surface area contributed by atoms with Gasteiger partial charge in [0.1, 0.15) is 22.2 Å². The molecule has 3 aromatic heterocycles. The molecule has 2 saturated heterocycles. The lowest BCUT2D eigenvalue weighted by molar-refractivity contribution is 0.0636. The summed E-state index contributed by atoms with van der Waals surface area (Å²) in [5.74, 6) is -0.367. The van der Waals surface area contributed by atoms with Crippen molar-refractivity contribution in [2.75, 3.05) is 36.9 Å². The quantitative estimate of drug-likeness (QED) is 0.320. The largest absolute Gasteiger partial charge is 0.444 e. The molecule has 0 radical (unpaired) electrons. The van der Waals surface area contributed by atoms with Crippen molar-refractivity contribution < 1.29 is 23.0 Å². The van der Waals surface area contributed by atoms with E-state index in [9.17, 15) is 10.1 Å². The molecule has 222 valence electrons. The summed E-state index contributed by atoms with van der Waals surface area (Å²) in [5, 5.41) is 13.5. The number of thiophene rings is 1. The maximum atomic E-state index is 16.8. The first kappa shape index (κ1) is 27.8. The average Bonchev–Trinajstić information content (AvgIpc) is 3.64. The van der Waals surface area contributed by atoms with E-state index >= 15 is 8.78 Å². The number of rotatable bonds is 3. The summed E-state index contributed by atoms with van der Waals surface area (Å²) >= 11 is 0.870. The van der Waals surface area contributed by atoms with E-state index in [0.717, 1.165) is 49.2 Å². The fraction of sp³-hybridized carbons (Fsp3) is 0.433. The van der Waals surface area contributed by atoms with Gasteiger partial charge in [0.25, 0.3) is 0 Å². The number of ether oxygens (including phenoxy) is 2. The molecule has 1 N–H and O–H groups in total. The van der Waals surface area contributed by atoms with Crippen LogP contribution < -0.4 is 10.2 Å². The van der Waals surface area contributed by atoms with E-state index in [1.165, 1.54) is 0 Å². The second-order valence-electron chi connectivity index (χ2n) is 12.4. The molecule has 3 aliphatic rings. The molecule has 6 heterocycles. The lowest BCUT2D eigenvalue weighted by Crippen LogP contribution is -2.40. The van der Waals surface area contributed by atoms with Crippen molar-refractivity contribution in [1.82, 2.24) is 19.9 Å². The molecule has 2 bridgehead atoms. The van der Waals surface area contributed by atoms with Gasteiger partial charge >= 0.3 is 6.09 Å². The Labute approximate surface area is 250 Å². The molecule has 1 aromatic carbocycles. The zero-order chi connectivity index (χ0) is 30.2. The van der Waals surface area contributed by atoms with Gasteiger partial charge in [0.15, 0.2) is 11.6 Å².